The number of halogens is 3. The number of nitrogens with one attached hydrogen (secondary N) is 1. The summed E-state index contributed by atoms with van der Waals surface area (Å²) < 4.78 is 46.0. The van der Waals surface area contributed by atoms with Gasteiger partial charge < -0.3 is 15.0 Å². The molecule has 2 saturated heterocycles. The number of anilines is 1. The molecule has 5 rings (SSSR count). The third-order valence-corrected chi connectivity index (χ3v) is 7.00. The number of rotatable bonds is 5. The van der Waals surface area contributed by atoms with E-state index in [4.69, 9.17) is 4.74 Å². The number of nitrogens with zero attached hydrogens (tertiary/aromatic N) is 3. The van der Waals surface area contributed by atoms with Crippen LogP contribution in [0.15, 0.2) is 30.5 Å². The number of hydrogen-bond donors (Lipinski definition) is 1. The van der Waals surface area contributed by atoms with Gasteiger partial charge in [0.1, 0.15) is 0 Å². The fraction of sp³-hybridized carbons (Fsp3) is 0.583. The van der Waals surface area contributed by atoms with Crippen molar-refractivity contribution in [3.05, 3.63) is 36.0 Å². The first kappa shape index (κ1) is 22.4. The molecule has 33 heavy (non-hydrogen) atoms. The summed E-state index contributed by atoms with van der Waals surface area (Å²) in [6, 6.07) is 6.05. The maximum absolute atomic E-state index is 13.6. The van der Waals surface area contributed by atoms with Crippen molar-refractivity contribution in [2.45, 2.75) is 31.5 Å². The van der Waals surface area contributed by atoms with Crippen molar-refractivity contribution in [2.75, 3.05) is 50.8 Å². The zero-order valence-electron chi connectivity index (χ0n) is 18.5. The van der Waals surface area contributed by atoms with Crippen LogP contribution in [0.4, 0.5) is 18.9 Å². The Bertz CT molecular complexity index is 1000. The molecule has 178 valence electrons. The average Bonchev–Trinajstić information content (AvgIpc) is 3.63. The van der Waals surface area contributed by atoms with Crippen molar-refractivity contribution in [2.24, 2.45) is 11.8 Å². The first-order valence-corrected chi connectivity index (χ1v) is 11.7. The van der Waals surface area contributed by atoms with Crippen LogP contribution in [0.3, 0.4) is 0 Å². The van der Waals surface area contributed by atoms with Crippen molar-refractivity contribution in [1.29, 1.82) is 0 Å². The van der Waals surface area contributed by atoms with E-state index in [1.165, 1.54) is 19.0 Å². The predicted molar refractivity (Wildman–Crippen MR) is 119 cm³/mol. The van der Waals surface area contributed by atoms with Crippen molar-refractivity contribution in [3.63, 3.8) is 0 Å². The zero-order valence-corrected chi connectivity index (χ0v) is 18.5. The molecule has 3 heterocycles. The number of morpholine rings is 1. The van der Waals surface area contributed by atoms with Crippen LogP contribution in [0.5, 0.6) is 0 Å². The van der Waals surface area contributed by atoms with Gasteiger partial charge in [-0.05, 0) is 55.4 Å². The van der Waals surface area contributed by atoms with E-state index in [9.17, 15) is 18.0 Å². The average molecular weight is 463 g/mol. The number of carbonyl (C=O) groups excluding carboxylic acids is 1. The Balaban J connectivity index is 1.37. The summed E-state index contributed by atoms with van der Waals surface area (Å²) in [5, 5.41) is 3.71. The molecule has 1 saturated carbocycles. The topological polar surface area (TPSA) is 57.7 Å². The lowest BCUT2D eigenvalue weighted by Gasteiger charge is -2.40. The first-order valence-electron chi connectivity index (χ1n) is 11.7. The molecule has 2 aromatic rings. The molecule has 0 radical (unpaired) electrons. The van der Waals surface area contributed by atoms with Crippen molar-refractivity contribution >= 4 is 22.5 Å². The zero-order chi connectivity index (χ0) is 23.0. The first-order chi connectivity index (χ1) is 15.9. The van der Waals surface area contributed by atoms with Crippen LogP contribution in [0.1, 0.15) is 24.8 Å². The minimum absolute atomic E-state index is 0.00255. The highest BCUT2D eigenvalue weighted by Crippen LogP contribution is 2.43. The van der Waals surface area contributed by atoms with Gasteiger partial charge >= 0.3 is 6.18 Å². The van der Waals surface area contributed by atoms with Gasteiger partial charge in [-0.3, -0.25) is 14.7 Å². The van der Waals surface area contributed by atoms with Gasteiger partial charge in [0.25, 0.3) is 0 Å². The molecule has 1 N–H and O–H groups in total. The fourth-order valence-electron chi connectivity index (χ4n) is 5.25. The molecule has 1 amide bonds. The van der Waals surface area contributed by atoms with Crippen LogP contribution in [0.2, 0.25) is 0 Å². The molecule has 1 aromatic heterocycles. The summed E-state index contributed by atoms with van der Waals surface area (Å²) in [6.45, 7) is 4.50. The van der Waals surface area contributed by atoms with E-state index in [1.807, 2.05) is 0 Å². The predicted octanol–water partition coefficient (Wildman–Crippen LogP) is 3.31. The lowest BCUT2D eigenvalue weighted by atomic mass is 9.89. The number of hydrogen-bond acceptors (Lipinski definition) is 5. The number of fused-ring (bicyclic) bond motifs is 1. The van der Waals surface area contributed by atoms with E-state index in [0.717, 1.165) is 37.8 Å². The molecule has 2 aliphatic heterocycles. The molecule has 1 aromatic carbocycles. The third-order valence-electron chi connectivity index (χ3n) is 7.00. The number of carbonyl (C=O) groups is 1. The van der Waals surface area contributed by atoms with E-state index >= 15 is 0 Å². The summed E-state index contributed by atoms with van der Waals surface area (Å²) in [7, 11) is 0. The molecule has 0 spiro atoms. The third kappa shape index (κ3) is 5.09. The Hall–Kier alpha value is -2.39. The standard InChI is InChI=1S/C24H29F3N4O2/c25-24(26,27)20-5-6-21(19-2-1-7-28-23(19)20)31-13-17(16-3-4-16)12-18(14-31)29-22(32)15-30-8-10-33-11-9-30/h1-2,5-7,16-18H,3-4,8-15H2,(H,29,32)/t17-,18+/m0/s1. The monoisotopic (exact) mass is 462 g/mol. The summed E-state index contributed by atoms with van der Waals surface area (Å²) in [5.74, 6) is 1.05. The van der Waals surface area contributed by atoms with Crippen molar-refractivity contribution in [3.8, 4) is 0 Å². The van der Waals surface area contributed by atoms with Gasteiger partial charge in [0.05, 0.1) is 30.8 Å². The van der Waals surface area contributed by atoms with Crippen LogP contribution in [0, 0.1) is 11.8 Å². The van der Waals surface area contributed by atoms with Crippen LogP contribution >= 0.6 is 0 Å². The number of aromatic nitrogens is 1. The second-order valence-corrected chi connectivity index (χ2v) is 9.42. The SMILES string of the molecule is O=C(CN1CCOCC1)N[C@@H]1C[C@H](C2CC2)CN(c2ccc(C(F)(F)F)c3ncccc23)C1. The Morgan fingerprint density at radius 3 is 2.64 bits per heavy atom. The van der Waals surface area contributed by atoms with E-state index in [2.05, 4.69) is 20.1 Å². The summed E-state index contributed by atoms with van der Waals surface area (Å²) in [4.78, 5) is 21.0. The van der Waals surface area contributed by atoms with Gasteiger partial charge in [-0.2, -0.15) is 13.2 Å². The van der Waals surface area contributed by atoms with Crippen LogP contribution in [0.25, 0.3) is 10.9 Å². The lowest BCUT2D eigenvalue weighted by Crippen LogP contribution is -2.53. The quantitative estimate of drug-likeness (QED) is 0.739. The molecular formula is C24H29F3N4O2. The normalized spacial score (nSPS) is 24.8. The van der Waals surface area contributed by atoms with Gasteiger partial charge in [0.2, 0.25) is 5.91 Å². The van der Waals surface area contributed by atoms with E-state index in [1.54, 1.807) is 18.2 Å². The maximum Gasteiger partial charge on any atom is 0.418 e. The Morgan fingerprint density at radius 1 is 1.12 bits per heavy atom. The van der Waals surface area contributed by atoms with Gasteiger partial charge in [-0.1, -0.05) is 0 Å². The number of ether oxygens (including phenoxy) is 1. The maximum atomic E-state index is 13.6. The number of alkyl halides is 3. The molecule has 9 heteroatoms. The highest BCUT2D eigenvalue weighted by Gasteiger charge is 2.39. The summed E-state index contributed by atoms with van der Waals surface area (Å²) >= 11 is 0. The molecule has 2 atom stereocenters. The highest BCUT2D eigenvalue weighted by atomic mass is 19.4. The van der Waals surface area contributed by atoms with Gasteiger partial charge in [0, 0.05) is 49.5 Å². The molecule has 3 fully saturated rings. The van der Waals surface area contributed by atoms with Gasteiger partial charge in [0.15, 0.2) is 0 Å². The molecule has 0 unspecified atom stereocenters. The second kappa shape index (κ2) is 9.10. The smallest absolute Gasteiger partial charge is 0.379 e. The highest BCUT2D eigenvalue weighted by molar-refractivity contribution is 5.94. The Morgan fingerprint density at radius 2 is 1.91 bits per heavy atom. The van der Waals surface area contributed by atoms with Gasteiger partial charge in [-0.25, -0.2) is 0 Å². The van der Waals surface area contributed by atoms with E-state index in [-0.39, 0.29) is 17.5 Å². The minimum atomic E-state index is -4.46. The van der Waals surface area contributed by atoms with E-state index < -0.39 is 11.7 Å². The van der Waals surface area contributed by atoms with Crippen molar-refractivity contribution < 1.29 is 22.7 Å². The van der Waals surface area contributed by atoms with Crippen molar-refractivity contribution in [1.82, 2.24) is 15.2 Å². The summed E-state index contributed by atoms with van der Waals surface area (Å²) in [5.41, 5.74) is 0.0146. The largest absolute Gasteiger partial charge is 0.418 e. The Kier molecular flexibility index (Phi) is 6.18. The molecule has 0 bridgehead atoms. The number of benzene rings is 1. The molecule has 6 nitrogen and oxygen atoms in total. The number of amides is 1. The van der Waals surface area contributed by atoms with Gasteiger partial charge in [-0.15, -0.1) is 0 Å². The number of piperidine rings is 1. The second-order valence-electron chi connectivity index (χ2n) is 9.42. The van der Waals surface area contributed by atoms with Crippen LogP contribution in [-0.4, -0.2) is 67.8 Å². The molecule has 1 aliphatic carbocycles. The molecule has 3 aliphatic rings. The fourth-order valence-corrected chi connectivity index (χ4v) is 5.25. The van der Waals surface area contributed by atoms with Crippen LogP contribution in [-0.2, 0) is 15.7 Å². The Labute approximate surface area is 191 Å². The minimum Gasteiger partial charge on any atom is -0.379 e. The molecular weight excluding hydrogens is 433 g/mol. The number of pyridine rings is 1. The van der Waals surface area contributed by atoms with Crippen LogP contribution < -0.4 is 10.2 Å². The van der Waals surface area contributed by atoms with E-state index in [0.29, 0.717) is 43.5 Å². The summed E-state index contributed by atoms with van der Waals surface area (Å²) in [6.07, 6.45) is 0.218. The lowest BCUT2D eigenvalue weighted by molar-refractivity contribution is -0.136.